The number of hydrazine groups is 1. The molecule has 11 heteroatoms. The Bertz CT molecular complexity index is 599. The molecule has 0 saturated carbocycles. The molecule has 0 unspecified atom stereocenters. The van der Waals surface area contributed by atoms with E-state index in [1.165, 1.54) is 13.3 Å². The molecule has 0 atom stereocenters. The summed E-state index contributed by atoms with van der Waals surface area (Å²) in [5.74, 6) is 5.80. The molecule has 0 aliphatic rings. The van der Waals surface area contributed by atoms with E-state index in [2.05, 4.69) is 30.9 Å². The highest BCUT2D eigenvalue weighted by molar-refractivity contribution is 5.60. The number of nitro groups is 1. The summed E-state index contributed by atoms with van der Waals surface area (Å²) in [5.41, 5.74) is 2.26. The van der Waals surface area contributed by atoms with Crippen LogP contribution in [0.5, 0.6) is 0 Å². The normalized spacial score (nSPS) is 10.3. The topological polar surface area (TPSA) is 158 Å². The lowest BCUT2D eigenvalue weighted by Gasteiger charge is -2.08. The first-order valence-electron chi connectivity index (χ1n) is 5.61. The maximum Gasteiger partial charge on any atom is 0.332 e. The third-order valence-corrected chi connectivity index (χ3v) is 2.41. The molecule has 2 aromatic rings. The largest absolute Gasteiger partial charge is 0.364 e. The molecule has 2 aromatic heterocycles. The van der Waals surface area contributed by atoms with Gasteiger partial charge in [-0.1, -0.05) is 5.16 Å². The number of nitrogens with zero attached hydrogens (tertiary/aromatic N) is 5. The predicted molar refractivity (Wildman–Crippen MR) is 67.7 cm³/mol. The van der Waals surface area contributed by atoms with Gasteiger partial charge in [-0.15, -0.1) is 0 Å². The number of anilines is 2. The average molecular weight is 280 g/mol. The highest BCUT2D eigenvalue weighted by Crippen LogP contribution is 2.26. The molecule has 0 saturated heterocycles. The lowest BCUT2D eigenvalue weighted by atomic mass is 10.3. The van der Waals surface area contributed by atoms with Gasteiger partial charge in [-0.25, -0.2) is 10.8 Å². The molecule has 20 heavy (non-hydrogen) atoms. The summed E-state index contributed by atoms with van der Waals surface area (Å²) >= 11 is 0. The summed E-state index contributed by atoms with van der Waals surface area (Å²) < 4.78 is 4.82. The number of hydrogen-bond donors (Lipinski definition) is 3. The van der Waals surface area contributed by atoms with Crippen LogP contribution in [0.2, 0.25) is 0 Å². The first kappa shape index (κ1) is 13.6. The first-order chi connectivity index (χ1) is 9.61. The summed E-state index contributed by atoms with van der Waals surface area (Å²) in [6, 6.07) is 0. The van der Waals surface area contributed by atoms with Crippen molar-refractivity contribution < 1.29 is 9.45 Å². The van der Waals surface area contributed by atoms with Crippen molar-refractivity contribution in [3.8, 4) is 0 Å². The number of nitrogens with one attached hydrogen (secondary N) is 2. The molecule has 0 bridgehead atoms. The van der Waals surface area contributed by atoms with Gasteiger partial charge >= 0.3 is 5.69 Å². The monoisotopic (exact) mass is 280 g/mol. The highest BCUT2D eigenvalue weighted by Gasteiger charge is 2.21. The second-order valence-corrected chi connectivity index (χ2v) is 3.74. The Morgan fingerprint density at radius 3 is 2.90 bits per heavy atom. The molecule has 2 heterocycles. The summed E-state index contributed by atoms with van der Waals surface area (Å²) in [4.78, 5) is 22.1. The molecular formula is C9H12N8O3. The zero-order valence-electron chi connectivity index (χ0n) is 10.5. The average Bonchev–Trinajstić information content (AvgIpc) is 2.90. The van der Waals surface area contributed by atoms with E-state index in [1.807, 2.05) is 0 Å². The zero-order chi connectivity index (χ0) is 14.5. The molecule has 0 aliphatic carbocycles. The van der Waals surface area contributed by atoms with Crippen molar-refractivity contribution in [2.45, 2.75) is 13.3 Å². The number of aryl methyl sites for hydroxylation is 1. The molecule has 4 N–H and O–H groups in total. The molecule has 11 nitrogen and oxygen atoms in total. The third-order valence-electron chi connectivity index (χ3n) is 2.41. The molecule has 0 fully saturated rings. The Kier molecular flexibility index (Phi) is 4.00. The molecule has 0 aliphatic heterocycles. The fourth-order valence-electron chi connectivity index (χ4n) is 1.57. The van der Waals surface area contributed by atoms with E-state index in [4.69, 9.17) is 10.4 Å². The van der Waals surface area contributed by atoms with Crippen LogP contribution in [0.1, 0.15) is 11.6 Å². The molecular weight excluding hydrogens is 268 g/mol. The van der Waals surface area contributed by atoms with Gasteiger partial charge in [0.05, 0.1) is 4.92 Å². The number of aromatic nitrogens is 4. The van der Waals surface area contributed by atoms with E-state index >= 15 is 0 Å². The fraction of sp³-hybridized carbons (Fsp3) is 0.333. The Morgan fingerprint density at radius 2 is 2.30 bits per heavy atom. The Hall–Kier alpha value is -2.82. The number of nitrogen functional groups attached to an aromatic ring is 1. The smallest absolute Gasteiger partial charge is 0.332 e. The van der Waals surface area contributed by atoms with Crippen LogP contribution in [-0.4, -0.2) is 31.6 Å². The van der Waals surface area contributed by atoms with E-state index in [9.17, 15) is 10.1 Å². The van der Waals surface area contributed by atoms with Crippen molar-refractivity contribution in [3.05, 3.63) is 28.0 Å². The van der Waals surface area contributed by atoms with Crippen LogP contribution in [0.3, 0.4) is 0 Å². The van der Waals surface area contributed by atoms with Crippen molar-refractivity contribution in [2.24, 2.45) is 5.84 Å². The van der Waals surface area contributed by atoms with Gasteiger partial charge < -0.3 is 9.84 Å². The maximum atomic E-state index is 11.0. The second-order valence-electron chi connectivity index (χ2n) is 3.74. The maximum absolute atomic E-state index is 11.0. The van der Waals surface area contributed by atoms with Crippen molar-refractivity contribution >= 4 is 17.5 Å². The highest BCUT2D eigenvalue weighted by atomic mass is 16.6. The number of hydrogen-bond acceptors (Lipinski definition) is 10. The molecule has 0 aromatic carbocycles. The van der Waals surface area contributed by atoms with Gasteiger partial charge in [-0.05, 0) is 6.92 Å². The minimum Gasteiger partial charge on any atom is -0.364 e. The molecule has 2 rings (SSSR count). The van der Waals surface area contributed by atoms with Gasteiger partial charge in [0.1, 0.15) is 5.69 Å². The van der Waals surface area contributed by atoms with Gasteiger partial charge in [0.25, 0.3) is 0 Å². The summed E-state index contributed by atoms with van der Waals surface area (Å²) in [6.07, 6.45) is 1.69. The van der Waals surface area contributed by atoms with E-state index in [-0.39, 0.29) is 23.1 Å². The van der Waals surface area contributed by atoms with Crippen LogP contribution in [-0.2, 0) is 6.42 Å². The van der Waals surface area contributed by atoms with Crippen LogP contribution < -0.4 is 16.6 Å². The van der Waals surface area contributed by atoms with Gasteiger partial charge in [0.15, 0.2) is 6.33 Å². The van der Waals surface area contributed by atoms with Crippen molar-refractivity contribution in [2.75, 3.05) is 17.3 Å². The van der Waals surface area contributed by atoms with Crippen LogP contribution in [0, 0.1) is 17.0 Å². The number of nitrogens with two attached hydrogens (primary N) is 1. The van der Waals surface area contributed by atoms with Crippen LogP contribution in [0.25, 0.3) is 0 Å². The van der Waals surface area contributed by atoms with Gasteiger partial charge in [0, 0.05) is 13.0 Å². The standard InChI is InChI=1S/C9H12N8O3/c1-5-7(17(18)19)8(15-9(14-5)16-10)11-3-2-6-12-4-13-20-6/h4H,2-3,10H2,1H3,(H2,11,14,15,16). The predicted octanol–water partition coefficient (Wildman–Crippen LogP) is 0.0164. The fourth-order valence-corrected chi connectivity index (χ4v) is 1.57. The van der Waals surface area contributed by atoms with Crippen molar-refractivity contribution in [1.29, 1.82) is 0 Å². The second kappa shape index (κ2) is 5.88. The van der Waals surface area contributed by atoms with Gasteiger partial charge in [0.2, 0.25) is 17.7 Å². The lowest BCUT2D eigenvalue weighted by Crippen LogP contribution is -2.15. The minimum atomic E-state index is -0.551. The minimum absolute atomic E-state index is 0.0787. The van der Waals surface area contributed by atoms with Gasteiger partial charge in [-0.2, -0.15) is 9.97 Å². The summed E-state index contributed by atoms with van der Waals surface area (Å²) in [5, 5.41) is 17.3. The Balaban J connectivity index is 2.16. The SMILES string of the molecule is Cc1nc(NN)nc(NCCc2ncno2)c1[N+](=O)[O-]. The first-order valence-corrected chi connectivity index (χ1v) is 5.61. The van der Waals surface area contributed by atoms with Crippen molar-refractivity contribution in [3.63, 3.8) is 0 Å². The van der Waals surface area contributed by atoms with Crippen LogP contribution in [0.15, 0.2) is 10.9 Å². The Morgan fingerprint density at radius 1 is 1.50 bits per heavy atom. The molecule has 0 amide bonds. The van der Waals surface area contributed by atoms with Crippen molar-refractivity contribution in [1.82, 2.24) is 20.1 Å². The molecule has 0 radical (unpaired) electrons. The van der Waals surface area contributed by atoms with E-state index in [0.29, 0.717) is 18.9 Å². The van der Waals surface area contributed by atoms with E-state index in [0.717, 1.165) is 0 Å². The van der Waals surface area contributed by atoms with Gasteiger partial charge in [-0.3, -0.25) is 15.5 Å². The molecule has 0 spiro atoms. The molecule has 106 valence electrons. The zero-order valence-corrected chi connectivity index (χ0v) is 10.5. The van der Waals surface area contributed by atoms with Crippen LogP contribution in [0.4, 0.5) is 17.5 Å². The summed E-state index contributed by atoms with van der Waals surface area (Å²) in [6.45, 7) is 1.84. The Labute approximate surface area is 112 Å². The van der Waals surface area contributed by atoms with E-state index in [1.54, 1.807) is 0 Å². The van der Waals surface area contributed by atoms with Crippen LogP contribution >= 0.6 is 0 Å². The number of rotatable bonds is 6. The quantitative estimate of drug-likeness (QED) is 0.374. The third kappa shape index (κ3) is 2.95. The van der Waals surface area contributed by atoms with E-state index < -0.39 is 4.92 Å². The lowest BCUT2D eigenvalue weighted by molar-refractivity contribution is -0.385. The summed E-state index contributed by atoms with van der Waals surface area (Å²) in [7, 11) is 0.